The molecule has 0 aromatic heterocycles. The van der Waals surface area contributed by atoms with Gasteiger partial charge in [-0.15, -0.1) is 0 Å². The molecule has 0 aliphatic heterocycles. The molecular formula is C9H12ClNO2. The second-order valence-corrected chi connectivity index (χ2v) is 3.21. The van der Waals surface area contributed by atoms with Crippen LogP contribution >= 0.6 is 11.6 Å². The largest absolute Gasteiger partial charge is 0.506 e. The Hall–Kier alpha value is -0.770. The zero-order valence-corrected chi connectivity index (χ0v) is 7.83. The molecule has 3 nitrogen and oxygen atoms in total. The number of hydrogen-bond acceptors (Lipinski definition) is 3. The number of aliphatic hydroxyl groups is 1. The first-order valence-corrected chi connectivity index (χ1v) is 4.39. The van der Waals surface area contributed by atoms with Crippen LogP contribution in [0.3, 0.4) is 0 Å². The molecule has 4 heteroatoms. The summed E-state index contributed by atoms with van der Waals surface area (Å²) >= 11 is 5.67. The van der Waals surface area contributed by atoms with Crippen LogP contribution in [0.25, 0.3) is 0 Å². The standard InChI is InChI=1S/C9H12ClNO2/c10-7-5-6(1-2-9(7)13)8(12)3-4-11/h1-2,5,8,12-13H,3-4,11H2. The van der Waals surface area contributed by atoms with Gasteiger partial charge in [0.15, 0.2) is 0 Å². The Morgan fingerprint density at radius 2 is 2.15 bits per heavy atom. The summed E-state index contributed by atoms with van der Waals surface area (Å²) in [5.74, 6) is 0.0189. The highest BCUT2D eigenvalue weighted by molar-refractivity contribution is 6.32. The van der Waals surface area contributed by atoms with Gasteiger partial charge in [0, 0.05) is 0 Å². The second kappa shape index (κ2) is 4.46. The van der Waals surface area contributed by atoms with Crippen molar-refractivity contribution >= 4 is 11.6 Å². The van der Waals surface area contributed by atoms with Crippen molar-refractivity contribution in [3.05, 3.63) is 28.8 Å². The maximum atomic E-state index is 9.52. The molecule has 1 aromatic rings. The Labute approximate surface area is 81.8 Å². The van der Waals surface area contributed by atoms with Gasteiger partial charge in [0.2, 0.25) is 0 Å². The molecule has 1 atom stereocenters. The van der Waals surface area contributed by atoms with Crippen LogP contribution in [0.2, 0.25) is 5.02 Å². The van der Waals surface area contributed by atoms with Crippen molar-refractivity contribution in [3.8, 4) is 5.75 Å². The maximum absolute atomic E-state index is 9.52. The highest BCUT2D eigenvalue weighted by Crippen LogP contribution is 2.27. The molecule has 1 unspecified atom stereocenters. The van der Waals surface area contributed by atoms with Gasteiger partial charge in [0.05, 0.1) is 11.1 Å². The van der Waals surface area contributed by atoms with Crippen LogP contribution in [0.5, 0.6) is 5.75 Å². The highest BCUT2D eigenvalue weighted by atomic mass is 35.5. The van der Waals surface area contributed by atoms with E-state index in [4.69, 9.17) is 22.4 Å². The van der Waals surface area contributed by atoms with Crippen molar-refractivity contribution in [3.63, 3.8) is 0 Å². The van der Waals surface area contributed by atoms with Gasteiger partial charge in [0.25, 0.3) is 0 Å². The average Bonchev–Trinajstić information content (AvgIpc) is 2.10. The summed E-state index contributed by atoms with van der Waals surface area (Å²) in [7, 11) is 0. The van der Waals surface area contributed by atoms with Crippen molar-refractivity contribution in [2.45, 2.75) is 12.5 Å². The maximum Gasteiger partial charge on any atom is 0.134 e. The molecule has 72 valence electrons. The fourth-order valence-corrected chi connectivity index (χ4v) is 1.24. The first-order chi connectivity index (χ1) is 6.15. The number of rotatable bonds is 3. The van der Waals surface area contributed by atoms with Gasteiger partial charge in [-0.05, 0) is 30.7 Å². The van der Waals surface area contributed by atoms with Crippen LogP contribution in [0, 0.1) is 0 Å². The second-order valence-electron chi connectivity index (χ2n) is 2.80. The van der Waals surface area contributed by atoms with Gasteiger partial charge < -0.3 is 15.9 Å². The SMILES string of the molecule is NCCC(O)c1ccc(O)c(Cl)c1. The lowest BCUT2D eigenvalue weighted by molar-refractivity contribution is 0.170. The number of phenols is 1. The van der Waals surface area contributed by atoms with Gasteiger partial charge in [-0.1, -0.05) is 17.7 Å². The minimum atomic E-state index is -0.608. The molecule has 0 aliphatic carbocycles. The summed E-state index contributed by atoms with van der Waals surface area (Å²) < 4.78 is 0. The molecule has 0 saturated carbocycles. The number of aliphatic hydroxyl groups excluding tert-OH is 1. The molecule has 0 amide bonds. The number of nitrogens with two attached hydrogens (primary N) is 1. The van der Waals surface area contributed by atoms with E-state index >= 15 is 0 Å². The molecule has 0 spiro atoms. The summed E-state index contributed by atoms with van der Waals surface area (Å²) in [5, 5.41) is 18.9. The molecule has 1 rings (SSSR count). The van der Waals surface area contributed by atoms with Crippen LogP contribution in [-0.2, 0) is 0 Å². The lowest BCUT2D eigenvalue weighted by Gasteiger charge is -2.09. The van der Waals surface area contributed by atoms with Crippen molar-refractivity contribution in [2.75, 3.05) is 6.54 Å². The Balaban J connectivity index is 2.84. The van der Waals surface area contributed by atoms with Gasteiger partial charge in [-0.2, -0.15) is 0 Å². The van der Waals surface area contributed by atoms with Crippen molar-refractivity contribution < 1.29 is 10.2 Å². The van der Waals surface area contributed by atoms with Crippen molar-refractivity contribution in [1.29, 1.82) is 0 Å². The molecule has 0 saturated heterocycles. The monoisotopic (exact) mass is 201 g/mol. The fourth-order valence-electron chi connectivity index (χ4n) is 1.05. The first kappa shape index (κ1) is 10.3. The number of phenolic OH excluding ortho intramolecular Hbond substituents is 1. The topological polar surface area (TPSA) is 66.5 Å². The summed E-state index contributed by atoms with van der Waals surface area (Å²) in [6, 6.07) is 4.62. The van der Waals surface area contributed by atoms with E-state index in [1.54, 1.807) is 6.07 Å². The van der Waals surface area contributed by atoms with E-state index in [0.29, 0.717) is 18.5 Å². The van der Waals surface area contributed by atoms with E-state index in [1.165, 1.54) is 12.1 Å². The predicted molar refractivity (Wildman–Crippen MR) is 51.7 cm³/mol. The van der Waals surface area contributed by atoms with E-state index in [9.17, 15) is 5.11 Å². The van der Waals surface area contributed by atoms with E-state index in [1.807, 2.05) is 0 Å². The number of hydrogen-bond donors (Lipinski definition) is 3. The third-order valence-electron chi connectivity index (χ3n) is 1.80. The lowest BCUT2D eigenvalue weighted by Crippen LogP contribution is -2.06. The smallest absolute Gasteiger partial charge is 0.134 e. The van der Waals surface area contributed by atoms with Gasteiger partial charge in [0.1, 0.15) is 5.75 Å². The molecule has 0 bridgehead atoms. The summed E-state index contributed by atoms with van der Waals surface area (Å²) in [6.07, 6.45) is -0.121. The third kappa shape index (κ3) is 2.59. The van der Waals surface area contributed by atoms with Gasteiger partial charge >= 0.3 is 0 Å². The van der Waals surface area contributed by atoms with Crippen molar-refractivity contribution in [1.82, 2.24) is 0 Å². The molecule has 0 aliphatic rings. The Kier molecular flexibility index (Phi) is 3.54. The molecule has 0 heterocycles. The van der Waals surface area contributed by atoms with E-state index in [0.717, 1.165) is 0 Å². The third-order valence-corrected chi connectivity index (χ3v) is 2.10. The zero-order valence-electron chi connectivity index (χ0n) is 7.07. The van der Waals surface area contributed by atoms with Crippen LogP contribution < -0.4 is 5.73 Å². The summed E-state index contributed by atoms with van der Waals surface area (Å²) in [6.45, 7) is 0.416. The molecule has 13 heavy (non-hydrogen) atoms. The molecule has 4 N–H and O–H groups in total. The van der Waals surface area contributed by atoms with Crippen molar-refractivity contribution in [2.24, 2.45) is 5.73 Å². The predicted octanol–water partition coefficient (Wildman–Crippen LogP) is 1.43. The average molecular weight is 202 g/mol. The number of benzene rings is 1. The lowest BCUT2D eigenvalue weighted by atomic mass is 10.1. The minimum absolute atomic E-state index is 0.0189. The molecule has 1 aromatic carbocycles. The van der Waals surface area contributed by atoms with Crippen LogP contribution in [0.4, 0.5) is 0 Å². The van der Waals surface area contributed by atoms with Crippen LogP contribution in [-0.4, -0.2) is 16.8 Å². The summed E-state index contributed by atoms with van der Waals surface area (Å²) in [5.41, 5.74) is 5.97. The molecular weight excluding hydrogens is 190 g/mol. The normalized spacial score (nSPS) is 12.8. The van der Waals surface area contributed by atoms with Crippen LogP contribution in [0.15, 0.2) is 18.2 Å². The number of halogens is 1. The molecule has 0 radical (unpaired) electrons. The number of aromatic hydroxyl groups is 1. The highest BCUT2D eigenvalue weighted by Gasteiger charge is 2.08. The molecule has 0 fully saturated rings. The Morgan fingerprint density at radius 1 is 1.46 bits per heavy atom. The van der Waals surface area contributed by atoms with Crippen LogP contribution in [0.1, 0.15) is 18.1 Å². The van der Waals surface area contributed by atoms with E-state index in [2.05, 4.69) is 0 Å². The quantitative estimate of drug-likeness (QED) is 0.693. The zero-order chi connectivity index (χ0) is 9.84. The van der Waals surface area contributed by atoms with E-state index < -0.39 is 6.10 Å². The first-order valence-electron chi connectivity index (χ1n) is 4.01. The van der Waals surface area contributed by atoms with Gasteiger partial charge in [-0.25, -0.2) is 0 Å². The Bertz CT molecular complexity index is 291. The fraction of sp³-hybridized carbons (Fsp3) is 0.333. The minimum Gasteiger partial charge on any atom is -0.506 e. The van der Waals surface area contributed by atoms with Gasteiger partial charge in [-0.3, -0.25) is 0 Å². The van der Waals surface area contributed by atoms with E-state index in [-0.39, 0.29) is 10.8 Å². The summed E-state index contributed by atoms with van der Waals surface area (Å²) in [4.78, 5) is 0. The Morgan fingerprint density at radius 3 is 2.69 bits per heavy atom.